The molecule has 1 atom stereocenters. The molecule has 2 heterocycles. The van der Waals surface area contributed by atoms with E-state index in [4.69, 9.17) is 11.6 Å². The second-order valence-electron chi connectivity index (χ2n) is 6.03. The molecule has 0 saturated carbocycles. The summed E-state index contributed by atoms with van der Waals surface area (Å²) in [7, 11) is -3.50. The molecule has 0 aliphatic carbocycles. The molecular formula is C15H22ClN3O2S. The summed E-state index contributed by atoms with van der Waals surface area (Å²) in [5.74, 6) is 0. The molecule has 0 bridgehead atoms. The van der Waals surface area contributed by atoms with Gasteiger partial charge >= 0.3 is 0 Å². The third-order valence-electron chi connectivity index (χ3n) is 4.50. The lowest BCUT2D eigenvalue weighted by Crippen LogP contribution is -2.49. The van der Waals surface area contributed by atoms with Crippen LogP contribution >= 0.6 is 11.6 Å². The van der Waals surface area contributed by atoms with E-state index in [2.05, 4.69) is 10.2 Å². The van der Waals surface area contributed by atoms with E-state index in [0.717, 1.165) is 38.2 Å². The Balaban J connectivity index is 1.77. The molecule has 0 radical (unpaired) electrons. The van der Waals surface area contributed by atoms with Crippen molar-refractivity contribution in [1.82, 2.24) is 14.5 Å². The zero-order valence-electron chi connectivity index (χ0n) is 12.8. The molecule has 3 rings (SSSR count). The third-order valence-corrected chi connectivity index (χ3v) is 6.85. The molecule has 7 heteroatoms. The van der Waals surface area contributed by atoms with Gasteiger partial charge in [-0.3, -0.25) is 4.90 Å². The van der Waals surface area contributed by atoms with Crippen molar-refractivity contribution in [3.8, 4) is 0 Å². The summed E-state index contributed by atoms with van der Waals surface area (Å²) in [5.41, 5.74) is 0.904. The van der Waals surface area contributed by atoms with Gasteiger partial charge in [-0.15, -0.1) is 0 Å². The van der Waals surface area contributed by atoms with E-state index >= 15 is 0 Å². The first-order valence-electron chi connectivity index (χ1n) is 7.69. The van der Waals surface area contributed by atoms with Crippen LogP contribution in [0, 0.1) is 6.92 Å². The Morgan fingerprint density at radius 2 is 1.95 bits per heavy atom. The summed E-state index contributed by atoms with van der Waals surface area (Å²) in [5, 5.41) is 3.63. The van der Waals surface area contributed by atoms with Crippen molar-refractivity contribution >= 4 is 21.6 Å². The molecule has 0 spiro atoms. The monoisotopic (exact) mass is 343 g/mol. The summed E-state index contributed by atoms with van der Waals surface area (Å²) < 4.78 is 27.3. The van der Waals surface area contributed by atoms with E-state index in [1.165, 1.54) is 0 Å². The smallest absolute Gasteiger partial charge is 0.244 e. The molecule has 122 valence electrons. The molecule has 5 nitrogen and oxygen atoms in total. The number of piperazine rings is 1. The molecule has 2 aliphatic heterocycles. The van der Waals surface area contributed by atoms with Crippen LogP contribution in [0.3, 0.4) is 0 Å². The molecule has 0 amide bonds. The second-order valence-corrected chi connectivity index (χ2v) is 8.34. The topological polar surface area (TPSA) is 52.7 Å². The number of hydrogen-bond acceptors (Lipinski definition) is 4. The van der Waals surface area contributed by atoms with Crippen molar-refractivity contribution in [3.63, 3.8) is 0 Å². The Kier molecular flexibility index (Phi) is 4.75. The quantitative estimate of drug-likeness (QED) is 0.899. The van der Waals surface area contributed by atoms with Crippen LogP contribution in [-0.4, -0.2) is 62.9 Å². The van der Waals surface area contributed by atoms with E-state index in [-0.39, 0.29) is 4.90 Å². The van der Waals surface area contributed by atoms with Crippen LogP contribution in [0.5, 0.6) is 0 Å². The van der Waals surface area contributed by atoms with Gasteiger partial charge in [0.05, 0.1) is 5.02 Å². The zero-order valence-corrected chi connectivity index (χ0v) is 14.3. The van der Waals surface area contributed by atoms with Gasteiger partial charge in [-0.2, -0.15) is 4.31 Å². The predicted molar refractivity (Wildman–Crippen MR) is 87.8 cm³/mol. The molecule has 2 saturated heterocycles. The third kappa shape index (κ3) is 3.16. The van der Waals surface area contributed by atoms with Crippen molar-refractivity contribution in [2.45, 2.75) is 24.3 Å². The average molecular weight is 344 g/mol. The number of aryl methyl sites for hydroxylation is 1. The largest absolute Gasteiger partial charge is 0.314 e. The van der Waals surface area contributed by atoms with Gasteiger partial charge in [0.2, 0.25) is 10.0 Å². The Morgan fingerprint density at radius 3 is 2.68 bits per heavy atom. The van der Waals surface area contributed by atoms with E-state index in [9.17, 15) is 8.42 Å². The van der Waals surface area contributed by atoms with E-state index in [0.29, 0.717) is 24.2 Å². The molecule has 1 aromatic rings. The Bertz CT molecular complexity index is 644. The zero-order chi connectivity index (χ0) is 15.7. The first-order valence-corrected chi connectivity index (χ1v) is 9.51. The van der Waals surface area contributed by atoms with Crippen LogP contribution < -0.4 is 5.32 Å². The predicted octanol–water partition coefficient (Wildman–Crippen LogP) is 1.32. The summed E-state index contributed by atoms with van der Waals surface area (Å²) in [6.07, 6.45) is 0.892. The van der Waals surface area contributed by atoms with Gasteiger partial charge in [0.1, 0.15) is 4.90 Å². The fourth-order valence-corrected chi connectivity index (χ4v) is 5.27. The highest BCUT2D eigenvalue weighted by Gasteiger charge is 2.36. The lowest BCUT2D eigenvalue weighted by molar-refractivity contribution is 0.179. The maximum atomic E-state index is 12.8. The number of sulfonamides is 1. The van der Waals surface area contributed by atoms with Crippen LogP contribution in [0.15, 0.2) is 23.1 Å². The normalized spacial score (nSPS) is 24.7. The number of nitrogens with zero attached hydrogens (tertiary/aromatic N) is 2. The van der Waals surface area contributed by atoms with E-state index < -0.39 is 10.0 Å². The van der Waals surface area contributed by atoms with Crippen LogP contribution in [0.2, 0.25) is 5.02 Å². The minimum atomic E-state index is -3.50. The first kappa shape index (κ1) is 16.2. The Labute approximate surface area is 137 Å². The van der Waals surface area contributed by atoms with E-state index in [1.807, 2.05) is 13.0 Å². The molecule has 1 unspecified atom stereocenters. The fraction of sp³-hybridized carbons (Fsp3) is 0.600. The standard InChI is InChI=1S/C15H22ClN3O2S/c1-12-2-3-14(16)15(10-12)22(20,21)19-7-4-13(11-19)18-8-5-17-6-9-18/h2-3,10,13,17H,4-9,11H2,1H3. The van der Waals surface area contributed by atoms with Gasteiger partial charge in [0.25, 0.3) is 0 Å². The molecular weight excluding hydrogens is 322 g/mol. The van der Waals surface area contributed by atoms with Gasteiger partial charge in [0.15, 0.2) is 0 Å². The highest BCUT2D eigenvalue weighted by molar-refractivity contribution is 7.89. The number of nitrogens with one attached hydrogen (secondary N) is 1. The van der Waals surface area contributed by atoms with Crippen molar-refractivity contribution in [1.29, 1.82) is 0 Å². The summed E-state index contributed by atoms with van der Waals surface area (Å²) >= 11 is 6.12. The van der Waals surface area contributed by atoms with E-state index in [1.54, 1.807) is 16.4 Å². The fourth-order valence-electron chi connectivity index (χ4n) is 3.22. The molecule has 22 heavy (non-hydrogen) atoms. The molecule has 2 aliphatic rings. The van der Waals surface area contributed by atoms with Crippen molar-refractivity contribution in [2.24, 2.45) is 0 Å². The van der Waals surface area contributed by atoms with Crippen LogP contribution in [0.1, 0.15) is 12.0 Å². The van der Waals surface area contributed by atoms with Crippen LogP contribution in [-0.2, 0) is 10.0 Å². The molecule has 2 fully saturated rings. The van der Waals surface area contributed by atoms with Gasteiger partial charge in [-0.05, 0) is 31.0 Å². The SMILES string of the molecule is Cc1ccc(Cl)c(S(=O)(=O)N2CCC(N3CCNCC3)C2)c1. The van der Waals surface area contributed by atoms with Crippen molar-refractivity contribution in [3.05, 3.63) is 28.8 Å². The summed E-state index contributed by atoms with van der Waals surface area (Å²) in [4.78, 5) is 2.62. The summed E-state index contributed by atoms with van der Waals surface area (Å²) in [6.45, 7) is 6.95. The lowest BCUT2D eigenvalue weighted by atomic mass is 10.2. The van der Waals surface area contributed by atoms with Crippen molar-refractivity contribution in [2.75, 3.05) is 39.3 Å². The molecule has 1 aromatic carbocycles. The van der Waals surface area contributed by atoms with Gasteiger partial charge < -0.3 is 5.32 Å². The molecule has 0 aromatic heterocycles. The van der Waals surface area contributed by atoms with Gasteiger partial charge in [0, 0.05) is 45.3 Å². The first-order chi connectivity index (χ1) is 10.5. The highest BCUT2D eigenvalue weighted by atomic mass is 35.5. The number of benzene rings is 1. The highest BCUT2D eigenvalue weighted by Crippen LogP contribution is 2.29. The maximum absolute atomic E-state index is 12.8. The minimum absolute atomic E-state index is 0.232. The lowest BCUT2D eigenvalue weighted by Gasteiger charge is -2.32. The average Bonchev–Trinajstić information content (AvgIpc) is 3.01. The Morgan fingerprint density at radius 1 is 1.23 bits per heavy atom. The van der Waals surface area contributed by atoms with Crippen LogP contribution in [0.4, 0.5) is 0 Å². The number of rotatable bonds is 3. The van der Waals surface area contributed by atoms with Gasteiger partial charge in [-0.25, -0.2) is 8.42 Å². The Hall–Kier alpha value is -0.660. The van der Waals surface area contributed by atoms with Crippen molar-refractivity contribution < 1.29 is 8.42 Å². The number of halogens is 1. The molecule has 1 N–H and O–H groups in total. The van der Waals surface area contributed by atoms with Crippen LogP contribution in [0.25, 0.3) is 0 Å². The maximum Gasteiger partial charge on any atom is 0.244 e. The minimum Gasteiger partial charge on any atom is -0.314 e. The van der Waals surface area contributed by atoms with Gasteiger partial charge in [-0.1, -0.05) is 17.7 Å². The summed E-state index contributed by atoms with van der Waals surface area (Å²) in [6, 6.07) is 5.47. The second kappa shape index (κ2) is 6.45. The number of hydrogen-bond donors (Lipinski definition) is 1.